The van der Waals surface area contributed by atoms with Gasteiger partial charge in [-0.1, -0.05) is 91.0 Å². The predicted octanol–water partition coefficient (Wildman–Crippen LogP) is 12.0. The molecule has 0 fully saturated rings. The second-order valence-corrected chi connectivity index (χ2v) is 12.6. The summed E-state index contributed by atoms with van der Waals surface area (Å²) >= 11 is 0. The van der Waals surface area contributed by atoms with Crippen LogP contribution in [0.4, 0.5) is 5.69 Å². The van der Waals surface area contributed by atoms with E-state index in [2.05, 4.69) is 132 Å². The summed E-state index contributed by atoms with van der Waals surface area (Å²) in [7, 11) is 0. The minimum absolute atomic E-state index is 0.831. The number of hydrogen-bond acceptors (Lipinski definition) is 3. The van der Waals surface area contributed by atoms with E-state index in [0.717, 1.165) is 68.1 Å². The minimum atomic E-state index is 0.831. The highest BCUT2D eigenvalue weighted by Gasteiger charge is 2.22. The maximum absolute atomic E-state index is 6.27. The van der Waals surface area contributed by atoms with Crippen LogP contribution in [0, 0.1) is 0 Å². The Balaban J connectivity index is 1.13. The quantitative estimate of drug-likeness (QED) is 0.201. The molecule has 1 aliphatic rings. The van der Waals surface area contributed by atoms with Crippen molar-refractivity contribution in [1.82, 2.24) is 0 Å². The SMILES string of the molecule is c1ccc(N2Cc3ccc(-c4ccc5c(c4)oc4ccccc45)cc3-c3cc(-c4ccc5c(c4)oc4ccccc45)ccc3C2)cc1. The molecule has 0 N–H and O–H groups in total. The second-order valence-electron chi connectivity index (χ2n) is 12.6. The van der Waals surface area contributed by atoms with Crippen molar-refractivity contribution in [2.24, 2.45) is 0 Å². The van der Waals surface area contributed by atoms with Gasteiger partial charge in [0.2, 0.25) is 0 Å². The molecule has 3 nitrogen and oxygen atoms in total. The molecule has 0 saturated carbocycles. The van der Waals surface area contributed by atoms with Gasteiger partial charge in [0, 0.05) is 40.3 Å². The average Bonchev–Trinajstić information content (AvgIpc) is 3.64. The Bertz CT molecular complexity index is 2480. The summed E-state index contributed by atoms with van der Waals surface area (Å²) in [5.41, 5.74) is 14.7. The smallest absolute Gasteiger partial charge is 0.136 e. The third-order valence-corrected chi connectivity index (χ3v) is 9.78. The first-order valence-corrected chi connectivity index (χ1v) is 16.1. The highest BCUT2D eigenvalue weighted by molar-refractivity contribution is 6.07. The number of rotatable bonds is 3. The largest absolute Gasteiger partial charge is 0.456 e. The van der Waals surface area contributed by atoms with E-state index in [1.807, 2.05) is 24.3 Å². The lowest BCUT2D eigenvalue weighted by atomic mass is 9.90. The fourth-order valence-corrected chi connectivity index (χ4v) is 7.39. The van der Waals surface area contributed by atoms with Gasteiger partial charge in [-0.2, -0.15) is 0 Å². The van der Waals surface area contributed by atoms with Crippen LogP contribution in [-0.4, -0.2) is 0 Å². The Kier molecular flexibility index (Phi) is 5.70. The summed E-state index contributed by atoms with van der Waals surface area (Å²) in [5, 5.41) is 4.60. The number of fused-ring (bicyclic) bond motifs is 9. The molecule has 0 amide bonds. The molecule has 0 spiro atoms. The summed E-state index contributed by atoms with van der Waals surface area (Å²) < 4.78 is 12.5. The van der Waals surface area contributed by atoms with Crippen LogP contribution in [0.3, 0.4) is 0 Å². The molecule has 222 valence electrons. The number of furan rings is 2. The normalized spacial score (nSPS) is 12.9. The van der Waals surface area contributed by atoms with Gasteiger partial charge in [0.15, 0.2) is 0 Å². The number of hydrogen-bond donors (Lipinski definition) is 0. The monoisotopic (exact) mass is 603 g/mol. The van der Waals surface area contributed by atoms with E-state index in [1.54, 1.807) is 0 Å². The Labute approximate surface area is 271 Å². The molecule has 3 heterocycles. The zero-order valence-electron chi connectivity index (χ0n) is 25.6. The molecule has 0 bridgehead atoms. The molecule has 9 aromatic rings. The van der Waals surface area contributed by atoms with Gasteiger partial charge in [0.05, 0.1) is 0 Å². The van der Waals surface area contributed by atoms with Crippen molar-refractivity contribution in [1.29, 1.82) is 0 Å². The summed E-state index contributed by atoms with van der Waals surface area (Å²) in [6.07, 6.45) is 0. The first-order valence-electron chi connectivity index (χ1n) is 16.1. The zero-order valence-corrected chi connectivity index (χ0v) is 25.6. The van der Waals surface area contributed by atoms with Crippen molar-refractivity contribution in [3.8, 4) is 33.4 Å². The van der Waals surface area contributed by atoms with Crippen molar-refractivity contribution < 1.29 is 8.83 Å². The Morgan fingerprint density at radius 1 is 0.362 bits per heavy atom. The van der Waals surface area contributed by atoms with Crippen molar-refractivity contribution in [3.05, 3.63) is 163 Å². The van der Waals surface area contributed by atoms with Gasteiger partial charge in [-0.25, -0.2) is 0 Å². The highest BCUT2D eigenvalue weighted by Crippen LogP contribution is 2.41. The third-order valence-electron chi connectivity index (χ3n) is 9.78. The van der Waals surface area contributed by atoms with Gasteiger partial charge < -0.3 is 13.7 Å². The third kappa shape index (κ3) is 4.28. The van der Waals surface area contributed by atoms with Crippen LogP contribution in [0.2, 0.25) is 0 Å². The molecule has 0 saturated heterocycles. The lowest BCUT2D eigenvalue weighted by Gasteiger charge is -2.24. The molecule has 0 atom stereocenters. The van der Waals surface area contributed by atoms with E-state index in [1.165, 1.54) is 39.1 Å². The zero-order chi connectivity index (χ0) is 30.9. The first kappa shape index (κ1) is 26.2. The number of anilines is 1. The van der Waals surface area contributed by atoms with Gasteiger partial charge in [0.1, 0.15) is 22.3 Å². The van der Waals surface area contributed by atoms with Gasteiger partial charge in [0.25, 0.3) is 0 Å². The average molecular weight is 604 g/mol. The standard InChI is InChI=1S/C44H29NO2/c1-2-8-34(9-3-1)45-26-32-16-14-28(30-18-20-37-35-10-4-6-12-41(35)46-43(37)24-30)22-39(32)40-23-29(15-17-33(40)27-45)31-19-21-38-36-11-5-7-13-42(36)47-44(38)25-31/h1-25H,26-27H2. The van der Waals surface area contributed by atoms with Crippen molar-refractivity contribution in [3.63, 3.8) is 0 Å². The molecule has 47 heavy (non-hydrogen) atoms. The van der Waals surface area contributed by atoms with E-state index < -0.39 is 0 Å². The fourth-order valence-electron chi connectivity index (χ4n) is 7.39. The molecule has 2 aromatic heterocycles. The number of benzene rings is 7. The molecule has 10 rings (SSSR count). The van der Waals surface area contributed by atoms with Crippen molar-refractivity contribution in [2.75, 3.05) is 4.90 Å². The topological polar surface area (TPSA) is 29.5 Å². The minimum Gasteiger partial charge on any atom is -0.456 e. The summed E-state index contributed by atoms with van der Waals surface area (Å²) in [4.78, 5) is 2.48. The second kappa shape index (κ2) is 10.2. The van der Waals surface area contributed by atoms with E-state index in [-0.39, 0.29) is 0 Å². The Morgan fingerprint density at radius 2 is 0.787 bits per heavy atom. The molecule has 3 heteroatoms. The van der Waals surface area contributed by atoms with Crippen LogP contribution < -0.4 is 4.90 Å². The maximum Gasteiger partial charge on any atom is 0.136 e. The van der Waals surface area contributed by atoms with Crippen LogP contribution in [0.5, 0.6) is 0 Å². The van der Waals surface area contributed by atoms with E-state index >= 15 is 0 Å². The summed E-state index contributed by atoms with van der Waals surface area (Å²) in [6.45, 7) is 1.66. The lowest BCUT2D eigenvalue weighted by molar-refractivity contribution is 0.668. The molecule has 7 aromatic carbocycles. The number of nitrogens with zero attached hydrogens (tertiary/aromatic N) is 1. The summed E-state index contributed by atoms with van der Waals surface area (Å²) in [5.74, 6) is 0. The van der Waals surface area contributed by atoms with Crippen LogP contribution in [0.15, 0.2) is 160 Å². The molecule has 0 radical (unpaired) electrons. The van der Waals surface area contributed by atoms with Crippen LogP contribution in [0.25, 0.3) is 77.3 Å². The van der Waals surface area contributed by atoms with Crippen LogP contribution in [0.1, 0.15) is 11.1 Å². The molecule has 1 aliphatic heterocycles. The Morgan fingerprint density at radius 3 is 1.32 bits per heavy atom. The first-order chi connectivity index (χ1) is 23.2. The van der Waals surface area contributed by atoms with Gasteiger partial charge in [-0.05, 0) is 105 Å². The molecular weight excluding hydrogens is 574 g/mol. The van der Waals surface area contributed by atoms with Crippen LogP contribution in [-0.2, 0) is 13.1 Å². The van der Waals surface area contributed by atoms with E-state index in [9.17, 15) is 0 Å². The van der Waals surface area contributed by atoms with Gasteiger partial charge in [-0.3, -0.25) is 0 Å². The van der Waals surface area contributed by atoms with E-state index in [0.29, 0.717) is 0 Å². The fraction of sp³-hybridized carbons (Fsp3) is 0.0455. The van der Waals surface area contributed by atoms with Crippen molar-refractivity contribution >= 4 is 49.6 Å². The maximum atomic E-state index is 6.27. The van der Waals surface area contributed by atoms with E-state index in [4.69, 9.17) is 8.83 Å². The Hall–Kier alpha value is -6.06. The van der Waals surface area contributed by atoms with Crippen molar-refractivity contribution in [2.45, 2.75) is 13.1 Å². The highest BCUT2D eigenvalue weighted by atomic mass is 16.3. The molecular formula is C44H29NO2. The van der Waals surface area contributed by atoms with Gasteiger partial charge >= 0.3 is 0 Å². The summed E-state index contributed by atoms with van der Waals surface area (Å²) in [6, 6.07) is 54.3. The lowest BCUT2D eigenvalue weighted by Crippen LogP contribution is -2.20. The molecule has 0 aliphatic carbocycles. The molecule has 0 unspecified atom stereocenters. The number of para-hydroxylation sites is 3. The predicted molar refractivity (Wildman–Crippen MR) is 194 cm³/mol. The van der Waals surface area contributed by atoms with Crippen LogP contribution >= 0.6 is 0 Å². The van der Waals surface area contributed by atoms with Gasteiger partial charge in [-0.15, -0.1) is 0 Å².